The number of ketones is 1. The molecule has 0 spiro atoms. The van der Waals surface area contributed by atoms with E-state index in [-0.39, 0.29) is 12.4 Å². The highest BCUT2D eigenvalue weighted by atomic mass is 16.5. The van der Waals surface area contributed by atoms with E-state index in [9.17, 15) is 4.79 Å². The van der Waals surface area contributed by atoms with Crippen molar-refractivity contribution in [3.05, 3.63) is 18.1 Å². The van der Waals surface area contributed by atoms with Gasteiger partial charge in [-0.2, -0.15) is 0 Å². The Bertz CT molecular complexity index is 306. The summed E-state index contributed by atoms with van der Waals surface area (Å²) in [6, 6.07) is 0. The standard InChI is InChI=1S/C10H14N2O2/c1-7(2)9-4-12-10(5-11-9)14-6-8(3)13/h4-5,7H,6H2,1-3H3. The lowest BCUT2D eigenvalue weighted by atomic mass is 10.1. The third-order valence-corrected chi connectivity index (χ3v) is 1.66. The minimum atomic E-state index is -0.0280. The number of nitrogens with zero attached hydrogens (tertiary/aromatic N) is 2. The van der Waals surface area contributed by atoms with Crippen molar-refractivity contribution >= 4 is 5.78 Å². The largest absolute Gasteiger partial charge is 0.469 e. The topological polar surface area (TPSA) is 52.1 Å². The molecule has 4 heteroatoms. The van der Waals surface area contributed by atoms with Gasteiger partial charge in [0.15, 0.2) is 5.78 Å². The first-order valence-electron chi connectivity index (χ1n) is 4.53. The van der Waals surface area contributed by atoms with Gasteiger partial charge in [-0.25, -0.2) is 4.98 Å². The van der Waals surface area contributed by atoms with Gasteiger partial charge < -0.3 is 4.74 Å². The van der Waals surface area contributed by atoms with Crippen LogP contribution in [0.5, 0.6) is 5.88 Å². The minimum Gasteiger partial charge on any atom is -0.469 e. The zero-order valence-electron chi connectivity index (χ0n) is 8.65. The maximum atomic E-state index is 10.6. The van der Waals surface area contributed by atoms with E-state index in [2.05, 4.69) is 9.97 Å². The van der Waals surface area contributed by atoms with Crippen LogP contribution in [0.2, 0.25) is 0 Å². The lowest BCUT2D eigenvalue weighted by Crippen LogP contribution is -2.08. The maximum absolute atomic E-state index is 10.6. The van der Waals surface area contributed by atoms with Crippen LogP contribution in [0.25, 0.3) is 0 Å². The Kier molecular flexibility index (Phi) is 3.56. The van der Waals surface area contributed by atoms with Crippen LogP contribution in [-0.4, -0.2) is 22.4 Å². The summed E-state index contributed by atoms with van der Waals surface area (Å²) in [6.07, 6.45) is 3.21. The van der Waals surface area contributed by atoms with Crippen molar-refractivity contribution in [1.29, 1.82) is 0 Å². The molecule has 0 radical (unpaired) electrons. The van der Waals surface area contributed by atoms with Crippen LogP contribution in [0.4, 0.5) is 0 Å². The molecule has 0 aliphatic rings. The molecule has 76 valence electrons. The molecule has 1 rings (SSSR count). The number of carbonyl (C=O) groups is 1. The normalized spacial score (nSPS) is 10.3. The van der Waals surface area contributed by atoms with Crippen LogP contribution < -0.4 is 4.74 Å². The highest BCUT2D eigenvalue weighted by molar-refractivity contribution is 5.76. The van der Waals surface area contributed by atoms with Gasteiger partial charge in [-0.05, 0) is 12.8 Å². The Morgan fingerprint density at radius 2 is 2.14 bits per heavy atom. The monoisotopic (exact) mass is 194 g/mol. The molecule has 0 bridgehead atoms. The second kappa shape index (κ2) is 4.69. The number of carbonyl (C=O) groups excluding carboxylic acids is 1. The highest BCUT2D eigenvalue weighted by Crippen LogP contribution is 2.11. The van der Waals surface area contributed by atoms with Gasteiger partial charge in [-0.1, -0.05) is 13.8 Å². The fourth-order valence-corrected chi connectivity index (χ4v) is 0.874. The molecule has 0 N–H and O–H groups in total. The number of hydrogen-bond acceptors (Lipinski definition) is 4. The minimum absolute atomic E-state index is 0.0280. The van der Waals surface area contributed by atoms with E-state index in [4.69, 9.17) is 4.74 Å². The van der Waals surface area contributed by atoms with Crippen LogP contribution in [0.15, 0.2) is 12.4 Å². The van der Waals surface area contributed by atoms with Gasteiger partial charge in [-0.15, -0.1) is 0 Å². The molecular formula is C10H14N2O2. The zero-order valence-corrected chi connectivity index (χ0v) is 8.65. The summed E-state index contributed by atoms with van der Waals surface area (Å²) in [5, 5.41) is 0. The molecule has 0 aliphatic carbocycles. The van der Waals surface area contributed by atoms with E-state index in [1.54, 1.807) is 6.20 Å². The van der Waals surface area contributed by atoms with Crippen LogP contribution in [0.1, 0.15) is 32.4 Å². The summed E-state index contributed by atoms with van der Waals surface area (Å²) in [4.78, 5) is 18.8. The summed E-state index contributed by atoms with van der Waals surface area (Å²) in [6.45, 7) is 5.60. The molecule has 0 fully saturated rings. The molecule has 1 aromatic rings. The third kappa shape index (κ3) is 3.12. The van der Waals surface area contributed by atoms with Crippen LogP contribution in [-0.2, 0) is 4.79 Å². The van der Waals surface area contributed by atoms with Gasteiger partial charge in [0.1, 0.15) is 6.61 Å². The molecule has 0 atom stereocenters. The quantitative estimate of drug-likeness (QED) is 0.730. The maximum Gasteiger partial charge on any atom is 0.232 e. The number of Topliss-reactive ketones (excluding diaryl/α,β-unsaturated/α-hetero) is 1. The lowest BCUT2D eigenvalue weighted by molar-refractivity contribution is -0.119. The van der Waals surface area contributed by atoms with E-state index in [1.807, 2.05) is 13.8 Å². The molecule has 0 saturated heterocycles. The number of rotatable bonds is 4. The van der Waals surface area contributed by atoms with Gasteiger partial charge in [0.2, 0.25) is 5.88 Å². The number of hydrogen-bond donors (Lipinski definition) is 0. The van der Waals surface area contributed by atoms with E-state index >= 15 is 0 Å². The summed E-state index contributed by atoms with van der Waals surface area (Å²) in [5.74, 6) is 0.716. The SMILES string of the molecule is CC(=O)COc1cnc(C(C)C)cn1. The highest BCUT2D eigenvalue weighted by Gasteiger charge is 2.02. The molecule has 14 heavy (non-hydrogen) atoms. The Morgan fingerprint density at radius 1 is 1.43 bits per heavy atom. The third-order valence-electron chi connectivity index (χ3n) is 1.66. The second-order valence-electron chi connectivity index (χ2n) is 3.42. The van der Waals surface area contributed by atoms with Crippen molar-refractivity contribution < 1.29 is 9.53 Å². The fourth-order valence-electron chi connectivity index (χ4n) is 0.874. The van der Waals surface area contributed by atoms with Gasteiger partial charge >= 0.3 is 0 Å². The van der Waals surface area contributed by atoms with Crippen LogP contribution >= 0.6 is 0 Å². The molecule has 1 heterocycles. The zero-order chi connectivity index (χ0) is 10.6. The first-order chi connectivity index (χ1) is 6.59. The average Bonchev–Trinajstić information content (AvgIpc) is 2.15. The second-order valence-corrected chi connectivity index (χ2v) is 3.42. The lowest BCUT2D eigenvalue weighted by Gasteiger charge is -2.05. The Morgan fingerprint density at radius 3 is 2.57 bits per heavy atom. The Balaban J connectivity index is 2.59. The number of aromatic nitrogens is 2. The van der Waals surface area contributed by atoms with Gasteiger partial charge in [0, 0.05) is 0 Å². The summed E-state index contributed by atoms with van der Waals surface area (Å²) < 4.78 is 5.08. The number of ether oxygens (including phenoxy) is 1. The van der Waals surface area contributed by atoms with Gasteiger partial charge in [0.05, 0.1) is 18.1 Å². The van der Waals surface area contributed by atoms with E-state index in [0.29, 0.717) is 11.8 Å². The smallest absolute Gasteiger partial charge is 0.232 e. The van der Waals surface area contributed by atoms with E-state index in [0.717, 1.165) is 5.69 Å². The van der Waals surface area contributed by atoms with Gasteiger partial charge in [0.25, 0.3) is 0 Å². The van der Waals surface area contributed by atoms with E-state index in [1.165, 1.54) is 13.1 Å². The average molecular weight is 194 g/mol. The summed E-state index contributed by atoms with van der Waals surface area (Å²) >= 11 is 0. The Hall–Kier alpha value is -1.45. The first-order valence-corrected chi connectivity index (χ1v) is 4.53. The molecule has 0 aromatic carbocycles. The molecular weight excluding hydrogens is 180 g/mol. The Labute approximate surface area is 83.3 Å². The van der Waals surface area contributed by atoms with Crippen LogP contribution in [0, 0.1) is 0 Å². The molecule has 0 saturated carbocycles. The van der Waals surface area contributed by atoms with Crippen LogP contribution in [0.3, 0.4) is 0 Å². The van der Waals surface area contributed by atoms with Gasteiger partial charge in [-0.3, -0.25) is 9.78 Å². The molecule has 1 aromatic heterocycles. The summed E-state index contributed by atoms with van der Waals surface area (Å²) in [5.41, 5.74) is 0.917. The molecule has 4 nitrogen and oxygen atoms in total. The fraction of sp³-hybridized carbons (Fsp3) is 0.500. The molecule has 0 aliphatic heterocycles. The van der Waals surface area contributed by atoms with Crippen molar-refractivity contribution in [1.82, 2.24) is 9.97 Å². The van der Waals surface area contributed by atoms with Crippen molar-refractivity contribution in [3.63, 3.8) is 0 Å². The first kappa shape index (κ1) is 10.6. The predicted molar refractivity (Wildman–Crippen MR) is 52.3 cm³/mol. The van der Waals surface area contributed by atoms with Crippen molar-refractivity contribution in [2.75, 3.05) is 6.61 Å². The predicted octanol–water partition coefficient (Wildman–Crippen LogP) is 1.57. The summed E-state index contributed by atoms with van der Waals surface area (Å²) in [7, 11) is 0. The molecule has 0 unspecified atom stereocenters. The van der Waals surface area contributed by atoms with Crippen molar-refractivity contribution in [3.8, 4) is 5.88 Å². The van der Waals surface area contributed by atoms with Crippen molar-refractivity contribution in [2.24, 2.45) is 0 Å². The van der Waals surface area contributed by atoms with E-state index < -0.39 is 0 Å². The molecule has 0 amide bonds. The van der Waals surface area contributed by atoms with Crippen molar-refractivity contribution in [2.45, 2.75) is 26.7 Å².